The molecule has 0 aliphatic carbocycles. The second-order valence-electron chi connectivity index (χ2n) is 5.07. The first-order valence-electron chi connectivity index (χ1n) is 7.63. The molecule has 0 atom stereocenters. The first-order chi connectivity index (χ1) is 11.7. The van der Waals surface area contributed by atoms with Gasteiger partial charge in [0, 0.05) is 23.6 Å². The molecule has 0 fully saturated rings. The number of imidazole rings is 1. The molecule has 0 bridgehead atoms. The Morgan fingerprint density at radius 2 is 1.88 bits per heavy atom. The Labute approximate surface area is 143 Å². The monoisotopic (exact) mass is 315 g/mol. The van der Waals surface area contributed by atoms with Gasteiger partial charge in [0.2, 0.25) is 0 Å². The van der Waals surface area contributed by atoms with Gasteiger partial charge in [-0.15, -0.1) is 0 Å². The van der Waals surface area contributed by atoms with Crippen LogP contribution in [0.15, 0.2) is 85.6 Å². The van der Waals surface area contributed by atoms with Crippen LogP contribution in [0.2, 0.25) is 0 Å². The number of H-pyrrole nitrogens is 1. The fourth-order valence-corrected chi connectivity index (χ4v) is 2.27. The molecule has 0 radical (unpaired) electrons. The van der Waals surface area contributed by atoms with Gasteiger partial charge in [-0.2, -0.15) is 0 Å². The van der Waals surface area contributed by atoms with Crippen LogP contribution in [0.25, 0.3) is 22.4 Å². The Balaban J connectivity index is 2.61. The number of allylic oxidation sites excluding steroid dienone is 6. The van der Waals surface area contributed by atoms with E-state index in [9.17, 15) is 0 Å². The van der Waals surface area contributed by atoms with Crippen LogP contribution in [0.3, 0.4) is 0 Å². The highest BCUT2D eigenvalue weighted by Crippen LogP contribution is 2.28. The second-order valence-corrected chi connectivity index (χ2v) is 5.07. The van der Waals surface area contributed by atoms with Gasteiger partial charge in [0.15, 0.2) is 0 Å². The molecule has 3 nitrogen and oxygen atoms in total. The molecule has 0 aliphatic heterocycles. The maximum atomic E-state index is 4.77. The van der Waals surface area contributed by atoms with Crippen molar-refractivity contribution in [3.63, 3.8) is 0 Å². The van der Waals surface area contributed by atoms with Gasteiger partial charge in [-0.25, -0.2) is 4.98 Å². The highest BCUT2D eigenvalue weighted by Gasteiger charge is 2.14. The van der Waals surface area contributed by atoms with Crippen LogP contribution in [0, 0.1) is 0 Å². The highest BCUT2D eigenvalue weighted by atomic mass is 14.9. The summed E-state index contributed by atoms with van der Waals surface area (Å²) in [7, 11) is 0. The van der Waals surface area contributed by atoms with Crippen molar-refractivity contribution in [2.24, 2.45) is 4.99 Å². The van der Waals surface area contributed by atoms with Gasteiger partial charge in [0.05, 0.1) is 11.4 Å². The van der Waals surface area contributed by atoms with Crippen molar-refractivity contribution in [2.45, 2.75) is 6.92 Å². The largest absolute Gasteiger partial charge is 0.338 e. The lowest BCUT2D eigenvalue weighted by Crippen LogP contribution is -1.86. The van der Waals surface area contributed by atoms with Crippen LogP contribution < -0.4 is 0 Å². The Bertz CT molecular complexity index is 818. The zero-order valence-corrected chi connectivity index (χ0v) is 13.9. The third kappa shape index (κ3) is 3.96. The molecule has 1 aromatic carbocycles. The van der Waals surface area contributed by atoms with Crippen LogP contribution in [0.5, 0.6) is 0 Å². The first kappa shape index (κ1) is 17.2. The smallest absolute Gasteiger partial charge is 0.138 e. The van der Waals surface area contributed by atoms with Gasteiger partial charge in [0.1, 0.15) is 5.82 Å². The molecule has 0 aliphatic rings. The zero-order chi connectivity index (χ0) is 17.4. The predicted molar refractivity (Wildman–Crippen MR) is 105 cm³/mol. The maximum absolute atomic E-state index is 4.77. The van der Waals surface area contributed by atoms with Crippen LogP contribution in [0.4, 0.5) is 0 Å². The number of hydrogen-bond acceptors (Lipinski definition) is 2. The van der Waals surface area contributed by atoms with Crippen LogP contribution >= 0.6 is 0 Å². The van der Waals surface area contributed by atoms with Gasteiger partial charge in [-0.1, -0.05) is 68.3 Å². The van der Waals surface area contributed by atoms with E-state index in [0.29, 0.717) is 0 Å². The minimum absolute atomic E-state index is 0.757. The predicted octanol–water partition coefficient (Wildman–Crippen LogP) is 5.45. The van der Waals surface area contributed by atoms with Crippen LogP contribution in [0.1, 0.15) is 18.4 Å². The number of hydrogen-bond donors (Lipinski definition) is 1. The number of aliphatic imine (C=N–C) groups is 1. The summed E-state index contributed by atoms with van der Waals surface area (Å²) in [6.07, 6.45) is 10.5. The lowest BCUT2D eigenvalue weighted by molar-refractivity contribution is 1.23. The summed E-state index contributed by atoms with van der Waals surface area (Å²) in [5.41, 5.74) is 4.80. The number of nitrogens with one attached hydrogen (secondary N) is 1. The fourth-order valence-electron chi connectivity index (χ4n) is 2.27. The molecule has 1 heterocycles. The summed E-state index contributed by atoms with van der Waals surface area (Å²) in [5, 5.41) is 0. The van der Waals surface area contributed by atoms with E-state index in [4.69, 9.17) is 4.98 Å². The average molecular weight is 315 g/mol. The molecule has 2 rings (SSSR count). The molecule has 24 heavy (non-hydrogen) atoms. The fraction of sp³-hybridized carbons (Fsp3) is 0.0476. The van der Waals surface area contributed by atoms with Crippen LogP contribution in [-0.4, -0.2) is 16.2 Å². The van der Waals surface area contributed by atoms with E-state index >= 15 is 0 Å². The summed E-state index contributed by atoms with van der Waals surface area (Å²) < 4.78 is 0. The molecule has 1 aromatic heterocycles. The minimum atomic E-state index is 0.757. The van der Waals surface area contributed by atoms with Gasteiger partial charge in [0.25, 0.3) is 0 Å². The zero-order valence-electron chi connectivity index (χ0n) is 13.9. The maximum Gasteiger partial charge on any atom is 0.138 e. The lowest BCUT2D eigenvalue weighted by atomic mass is 10.1. The third-order valence-electron chi connectivity index (χ3n) is 3.45. The highest BCUT2D eigenvalue weighted by molar-refractivity contribution is 5.88. The normalized spacial score (nSPS) is 12.4. The lowest BCUT2D eigenvalue weighted by Gasteiger charge is -2.02. The van der Waals surface area contributed by atoms with Gasteiger partial charge < -0.3 is 4.98 Å². The molecule has 0 unspecified atom stereocenters. The molecule has 120 valence electrons. The minimum Gasteiger partial charge on any atom is -0.338 e. The van der Waals surface area contributed by atoms with Crippen molar-refractivity contribution < 1.29 is 0 Å². The molecule has 0 saturated carbocycles. The van der Waals surface area contributed by atoms with Crippen molar-refractivity contribution in [3.8, 4) is 11.3 Å². The number of rotatable bonds is 7. The Morgan fingerprint density at radius 3 is 2.50 bits per heavy atom. The molecule has 0 saturated heterocycles. The Kier molecular flexibility index (Phi) is 6.03. The molecule has 0 spiro atoms. The van der Waals surface area contributed by atoms with Gasteiger partial charge >= 0.3 is 0 Å². The van der Waals surface area contributed by atoms with Crippen LogP contribution in [-0.2, 0) is 0 Å². The molecule has 1 N–H and O–H groups in total. The van der Waals surface area contributed by atoms with E-state index in [-0.39, 0.29) is 0 Å². The molecule has 2 aromatic rings. The quantitative estimate of drug-likeness (QED) is 0.535. The number of aromatic nitrogens is 2. The van der Waals surface area contributed by atoms with E-state index in [1.54, 1.807) is 18.4 Å². The molecule has 0 amide bonds. The van der Waals surface area contributed by atoms with E-state index in [1.807, 2.05) is 49.4 Å². The van der Waals surface area contributed by atoms with Gasteiger partial charge in [-0.3, -0.25) is 4.99 Å². The van der Waals surface area contributed by atoms with Crippen molar-refractivity contribution >= 4 is 17.4 Å². The van der Waals surface area contributed by atoms with E-state index in [2.05, 4.69) is 29.7 Å². The number of aromatic amines is 1. The first-order valence-corrected chi connectivity index (χ1v) is 7.63. The summed E-state index contributed by atoms with van der Waals surface area (Å²) in [5.74, 6) is 0.757. The number of nitrogens with zero attached hydrogens (tertiary/aromatic N) is 2. The van der Waals surface area contributed by atoms with Gasteiger partial charge in [-0.05, 0) is 18.6 Å². The molecular weight excluding hydrogens is 294 g/mol. The Hall–Kier alpha value is -3.20. The summed E-state index contributed by atoms with van der Waals surface area (Å²) in [6, 6.07) is 10.1. The molecule has 3 heteroatoms. The second kappa shape index (κ2) is 8.44. The number of benzene rings is 1. The summed E-state index contributed by atoms with van der Waals surface area (Å²) in [4.78, 5) is 12.2. The standard InChI is InChI=1S/C21H21N3/c1-5-11-17(6-2)21-23-19(16(4)14-15-22-7-3)20(24-21)18-12-9-8-10-13-18/h5-15H,1-3H2,4H3,(H,23,24)/b16-14+,17-11+,22-15-. The van der Waals surface area contributed by atoms with Crippen molar-refractivity contribution in [1.82, 2.24) is 9.97 Å². The van der Waals surface area contributed by atoms with Crippen molar-refractivity contribution in [3.05, 3.63) is 92.1 Å². The third-order valence-corrected chi connectivity index (χ3v) is 3.45. The van der Waals surface area contributed by atoms with E-state index in [0.717, 1.165) is 33.9 Å². The summed E-state index contributed by atoms with van der Waals surface area (Å²) >= 11 is 0. The van der Waals surface area contributed by atoms with E-state index in [1.165, 1.54) is 6.20 Å². The average Bonchev–Trinajstić information content (AvgIpc) is 3.05. The summed E-state index contributed by atoms with van der Waals surface area (Å²) in [6.45, 7) is 13.2. The Morgan fingerprint density at radius 1 is 1.12 bits per heavy atom. The molecular formula is C21H21N3. The topological polar surface area (TPSA) is 41.0 Å². The van der Waals surface area contributed by atoms with Crippen molar-refractivity contribution in [2.75, 3.05) is 0 Å². The van der Waals surface area contributed by atoms with E-state index < -0.39 is 0 Å². The SMILES string of the molecule is C=C/C=C(\C=C)c1nc(-c2ccccc2)c(/C(C)=C/C=N\C=C)[nH]1. The van der Waals surface area contributed by atoms with Crippen molar-refractivity contribution in [1.29, 1.82) is 0 Å².